The number of thioether (sulfide) groups is 1. The molecule has 2 N–H and O–H groups in total. The molecule has 1 aromatic rings. The number of carbonyl (C=O) groups is 1. The van der Waals surface area contributed by atoms with Crippen molar-refractivity contribution in [2.75, 3.05) is 5.75 Å². The molecule has 2 rings (SSSR count). The highest BCUT2D eigenvalue weighted by Crippen LogP contribution is 2.32. The quantitative estimate of drug-likeness (QED) is 0.808. The fourth-order valence-corrected chi connectivity index (χ4v) is 2.80. The molecule has 0 amide bonds. The van der Waals surface area contributed by atoms with Crippen molar-refractivity contribution in [3.8, 4) is 6.07 Å². The van der Waals surface area contributed by atoms with Crippen molar-refractivity contribution in [2.45, 2.75) is 11.4 Å². The third-order valence-corrected chi connectivity index (χ3v) is 3.67. The van der Waals surface area contributed by atoms with E-state index < -0.39 is 12.0 Å². The van der Waals surface area contributed by atoms with Gasteiger partial charge in [-0.3, -0.25) is 10.1 Å². The molecule has 1 heterocycles. The molecule has 1 aromatic carbocycles. The average molecular weight is 234 g/mol. The topological polar surface area (TPSA) is 73.1 Å². The van der Waals surface area contributed by atoms with E-state index in [1.807, 2.05) is 12.1 Å². The van der Waals surface area contributed by atoms with Gasteiger partial charge in [-0.2, -0.15) is 5.26 Å². The van der Waals surface area contributed by atoms with Crippen LogP contribution in [-0.4, -0.2) is 22.9 Å². The number of hydrogen-bond acceptors (Lipinski definition) is 4. The Kier molecular flexibility index (Phi) is 3.13. The zero-order valence-electron chi connectivity index (χ0n) is 8.38. The Morgan fingerprint density at radius 3 is 3.06 bits per heavy atom. The van der Waals surface area contributed by atoms with Crippen molar-refractivity contribution in [1.82, 2.24) is 5.32 Å². The van der Waals surface area contributed by atoms with E-state index in [2.05, 4.69) is 11.4 Å². The van der Waals surface area contributed by atoms with Crippen molar-refractivity contribution < 1.29 is 9.90 Å². The third kappa shape index (κ3) is 2.18. The Morgan fingerprint density at radius 1 is 1.62 bits per heavy atom. The Morgan fingerprint density at radius 2 is 2.44 bits per heavy atom. The van der Waals surface area contributed by atoms with Crippen LogP contribution in [0.25, 0.3) is 0 Å². The summed E-state index contributed by atoms with van der Waals surface area (Å²) >= 11 is 1.55. The van der Waals surface area contributed by atoms with Gasteiger partial charge in [0.25, 0.3) is 0 Å². The maximum Gasteiger partial charge on any atom is 0.321 e. The van der Waals surface area contributed by atoms with Gasteiger partial charge < -0.3 is 5.11 Å². The molecule has 1 aliphatic rings. The number of nitriles is 1. The smallest absolute Gasteiger partial charge is 0.321 e. The summed E-state index contributed by atoms with van der Waals surface area (Å²) in [4.78, 5) is 10.8. The minimum Gasteiger partial charge on any atom is -0.480 e. The number of carboxylic acids is 1. The van der Waals surface area contributed by atoms with Gasteiger partial charge in [0, 0.05) is 5.75 Å². The van der Waals surface area contributed by atoms with Gasteiger partial charge in [-0.1, -0.05) is 12.1 Å². The van der Waals surface area contributed by atoms with E-state index in [9.17, 15) is 4.79 Å². The monoisotopic (exact) mass is 234 g/mol. The van der Waals surface area contributed by atoms with Crippen LogP contribution < -0.4 is 5.32 Å². The lowest BCUT2D eigenvalue weighted by molar-refractivity contribution is -0.138. The summed E-state index contributed by atoms with van der Waals surface area (Å²) in [6.07, 6.45) is 0. The molecule has 0 saturated carbocycles. The highest BCUT2D eigenvalue weighted by molar-refractivity contribution is 7.99. The van der Waals surface area contributed by atoms with Crippen LogP contribution in [0.4, 0.5) is 0 Å². The van der Waals surface area contributed by atoms with Crippen molar-refractivity contribution in [1.29, 1.82) is 5.26 Å². The molecular weight excluding hydrogens is 224 g/mol. The predicted octanol–water partition coefficient (Wildman–Crippen LogP) is 1.35. The Hall–Kier alpha value is -1.51. The average Bonchev–Trinajstić information content (AvgIpc) is 2.78. The van der Waals surface area contributed by atoms with E-state index in [0.29, 0.717) is 11.3 Å². The van der Waals surface area contributed by atoms with E-state index in [-0.39, 0.29) is 5.37 Å². The van der Waals surface area contributed by atoms with Gasteiger partial charge in [0.15, 0.2) is 0 Å². The number of carboxylic acid groups (broad SMARTS) is 1. The number of nitrogens with zero attached hydrogens (tertiary/aromatic N) is 1. The van der Waals surface area contributed by atoms with Crippen LogP contribution in [0, 0.1) is 11.3 Å². The van der Waals surface area contributed by atoms with Gasteiger partial charge in [-0.15, -0.1) is 11.8 Å². The molecular formula is C11H10N2O2S. The predicted molar refractivity (Wildman–Crippen MR) is 60.9 cm³/mol. The minimum absolute atomic E-state index is 0.0330. The molecule has 0 radical (unpaired) electrons. The molecule has 1 aliphatic heterocycles. The lowest BCUT2D eigenvalue weighted by atomic mass is 10.1. The number of aliphatic carboxylic acids is 1. The summed E-state index contributed by atoms with van der Waals surface area (Å²) in [6.45, 7) is 0. The van der Waals surface area contributed by atoms with Gasteiger partial charge >= 0.3 is 5.97 Å². The first-order valence-corrected chi connectivity index (χ1v) is 5.86. The molecule has 1 saturated heterocycles. The summed E-state index contributed by atoms with van der Waals surface area (Å²) in [5, 5.41) is 20.6. The Balaban J connectivity index is 2.14. The second kappa shape index (κ2) is 4.56. The number of hydrogen-bond donors (Lipinski definition) is 2. The van der Waals surface area contributed by atoms with E-state index in [1.54, 1.807) is 23.9 Å². The third-order valence-electron chi connectivity index (χ3n) is 2.40. The fourth-order valence-electron chi connectivity index (χ4n) is 1.58. The van der Waals surface area contributed by atoms with Gasteiger partial charge in [0.2, 0.25) is 0 Å². The molecule has 0 aliphatic carbocycles. The molecule has 0 bridgehead atoms. The molecule has 0 spiro atoms. The molecule has 16 heavy (non-hydrogen) atoms. The SMILES string of the molecule is N#Cc1cccc([C@@H]2N[C@H](C(=O)O)CS2)c1. The number of nitrogens with one attached hydrogen (secondary N) is 1. The molecule has 2 atom stereocenters. The Bertz CT molecular complexity index is 456. The summed E-state index contributed by atoms with van der Waals surface area (Å²) in [6, 6.07) is 8.80. The van der Waals surface area contributed by atoms with Crippen LogP contribution in [0.2, 0.25) is 0 Å². The van der Waals surface area contributed by atoms with Crippen LogP contribution in [0.1, 0.15) is 16.5 Å². The largest absolute Gasteiger partial charge is 0.480 e. The van der Waals surface area contributed by atoms with Crippen molar-refractivity contribution >= 4 is 17.7 Å². The van der Waals surface area contributed by atoms with E-state index in [0.717, 1.165) is 5.56 Å². The first-order chi connectivity index (χ1) is 7.70. The molecule has 0 aromatic heterocycles. The zero-order valence-corrected chi connectivity index (χ0v) is 9.20. The maximum absolute atomic E-state index is 10.8. The van der Waals surface area contributed by atoms with E-state index in [1.165, 1.54) is 0 Å². The molecule has 5 heteroatoms. The molecule has 4 nitrogen and oxygen atoms in total. The van der Waals surface area contributed by atoms with E-state index >= 15 is 0 Å². The van der Waals surface area contributed by atoms with Crippen LogP contribution in [0.5, 0.6) is 0 Å². The normalized spacial score (nSPS) is 23.9. The van der Waals surface area contributed by atoms with Gasteiger partial charge in [0.05, 0.1) is 17.0 Å². The minimum atomic E-state index is -0.827. The van der Waals surface area contributed by atoms with Gasteiger partial charge in [-0.25, -0.2) is 0 Å². The van der Waals surface area contributed by atoms with Crippen molar-refractivity contribution in [3.05, 3.63) is 35.4 Å². The first-order valence-electron chi connectivity index (χ1n) is 4.81. The number of rotatable bonds is 2. The molecule has 82 valence electrons. The summed E-state index contributed by atoms with van der Waals surface area (Å²) in [5.74, 6) is -0.275. The lowest BCUT2D eigenvalue weighted by Crippen LogP contribution is -2.33. The summed E-state index contributed by atoms with van der Waals surface area (Å²) in [5.41, 5.74) is 1.55. The highest BCUT2D eigenvalue weighted by Gasteiger charge is 2.30. The fraction of sp³-hybridized carbons (Fsp3) is 0.273. The van der Waals surface area contributed by atoms with Crippen molar-refractivity contribution in [3.63, 3.8) is 0 Å². The van der Waals surface area contributed by atoms with Crippen LogP contribution in [-0.2, 0) is 4.79 Å². The highest BCUT2D eigenvalue weighted by atomic mass is 32.2. The second-order valence-electron chi connectivity index (χ2n) is 3.51. The van der Waals surface area contributed by atoms with Crippen LogP contribution in [0.15, 0.2) is 24.3 Å². The van der Waals surface area contributed by atoms with Crippen LogP contribution >= 0.6 is 11.8 Å². The van der Waals surface area contributed by atoms with Crippen molar-refractivity contribution in [2.24, 2.45) is 0 Å². The molecule has 0 unspecified atom stereocenters. The standard InChI is InChI=1S/C11H10N2O2S/c12-5-7-2-1-3-8(4-7)10-13-9(6-16-10)11(14)15/h1-4,9-10,13H,6H2,(H,14,15)/t9-,10+/m0/s1. The Labute approximate surface area is 97.3 Å². The lowest BCUT2D eigenvalue weighted by Gasteiger charge is -2.11. The summed E-state index contributed by atoms with van der Waals surface area (Å²) in [7, 11) is 0. The van der Waals surface area contributed by atoms with Gasteiger partial charge in [0.1, 0.15) is 6.04 Å². The summed E-state index contributed by atoms with van der Waals surface area (Å²) < 4.78 is 0. The first kappa shape index (κ1) is 11.0. The molecule has 1 fully saturated rings. The van der Waals surface area contributed by atoms with Crippen LogP contribution in [0.3, 0.4) is 0 Å². The number of benzene rings is 1. The zero-order chi connectivity index (χ0) is 11.5. The van der Waals surface area contributed by atoms with E-state index in [4.69, 9.17) is 10.4 Å². The van der Waals surface area contributed by atoms with Gasteiger partial charge in [-0.05, 0) is 17.7 Å². The maximum atomic E-state index is 10.8. The second-order valence-corrected chi connectivity index (χ2v) is 4.65.